The molecule has 118 valence electrons. The van der Waals surface area contributed by atoms with Gasteiger partial charge in [0.05, 0.1) is 5.56 Å². The van der Waals surface area contributed by atoms with Crippen molar-refractivity contribution in [3.8, 4) is 0 Å². The Morgan fingerprint density at radius 1 is 0.957 bits per heavy atom. The summed E-state index contributed by atoms with van der Waals surface area (Å²) in [6.45, 7) is 0. The van der Waals surface area contributed by atoms with E-state index in [-0.39, 0.29) is 5.56 Å². The number of carbonyl (C=O) groups is 2. The van der Waals surface area contributed by atoms with E-state index in [4.69, 9.17) is 23.2 Å². The Morgan fingerprint density at radius 3 is 2.26 bits per heavy atom. The zero-order valence-corrected chi connectivity index (χ0v) is 13.2. The number of benzene rings is 2. The molecule has 23 heavy (non-hydrogen) atoms. The fourth-order valence-corrected chi connectivity index (χ4v) is 2.23. The fourth-order valence-electron chi connectivity index (χ4n) is 1.70. The van der Waals surface area contributed by atoms with Crippen molar-refractivity contribution in [2.75, 3.05) is 0 Å². The van der Waals surface area contributed by atoms with Crippen molar-refractivity contribution in [2.45, 2.75) is 0 Å². The van der Waals surface area contributed by atoms with Crippen molar-refractivity contribution >= 4 is 41.1 Å². The van der Waals surface area contributed by atoms with Gasteiger partial charge in [0.15, 0.2) is 0 Å². The van der Waals surface area contributed by atoms with E-state index in [9.17, 15) is 14.0 Å². The molecular weight excluding hydrogens is 342 g/mol. The lowest BCUT2D eigenvalue weighted by Gasteiger charge is -2.06. The molecule has 0 spiro atoms. The lowest BCUT2D eigenvalue weighted by Crippen LogP contribution is -2.41. The Labute approximate surface area is 141 Å². The fraction of sp³-hybridized carbons (Fsp3) is 0. The Kier molecular flexibility index (Phi) is 5.73. The normalized spacial score (nSPS) is 10.6. The van der Waals surface area contributed by atoms with Gasteiger partial charge in [-0.25, -0.2) is 4.39 Å². The Hall–Kier alpha value is -2.37. The molecule has 0 bridgehead atoms. The maximum atomic E-state index is 13.4. The summed E-state index contributed by atoms with van der Waals surface area (Å²) in [5.41, 5.74) is 4.55. The molecule has 0 heterocycles. The van der Waals surface area contributed by atoms with Crippen LogP contribution in [0.15, 0.2) is 48.5 Å². The zero-order valence-electron chi connectivity index (χ0n) is 11.6. The molecule has 4 nitrogen and oxygen atoms in total. The highest BCUT2D eigenvalue weighted by Gasteiger charge is 2.10. The van der Waals surface area contributed by atoms with E-state index in [1.54, 1.807) is 18.2 Å². The maximum Gasteiger partial charge on any atom is 0.272 e. The van der Waals surface area contributed by atoms with Crippen molar-refractivity contribution in [3.05, 3.63) is 75.5 Å². The summed E-state index contributed by atoms with van der Waals surface area (Å²) < 4.78 is 13.4. The van der Waals surface area contributed by atoms with Gasteiger partial charge in [-0.2, -0.15) is 0 Å². The molecule has 0 unspecified atom stereocenters. The van der Waals surface area contributed by atoms with Crippen LogP contribution in [0.1, 0.15) is 15.9 Å². The van der Waals surface area contributed by atoms with Crippen molar-refractivity contribution in [1.29, 1.82) is 0 Å². The Morgan fingerprint density at radius 2 is 1.61 bits per heavy atom. The molecule has 0 atom stereocenters. The minimum Gasteiger partial charge on any atom is -0.268 e. The first-order chi connectivity index (χ1) is 11.0. The first-order valence-corrected chi connectivity index (χ1v) is 7.21. The van der Waals surface area contributed by atoms with Gasteiger partial charge >= 0.3 is 0 Å². The van der Waals surface area contributed by atoms with Gasteiger partial charge in [0.1, 0.15) is 5.82 Å². The van der Waals surface area contributed by atoms with Crippen LogP contribution in [0, 0.1) is 5.82 Å². The molecular formula is C16H11Cl2FN2O2. The van der Waals surface area contributed by atoms with Gasteiger partial charge in [0.2, 0.25) is 0 Å². The van der Waals surface area contributed by atoms with Crippen LogP contribution in [-0.4, -0.2) is 11.8 Å². The van der Waals surface area contributed by atoms with E-state index in [1.165, 1.54) is 24.3 Å². The molecule has 0 radical (unpaired) electrons. The van der Waals surface area contributed by atoms with Crippen LogP contribution in [-0.2, 0) is 4.79 Å². The third kappa shape index (κ3) is 4.55. The molecule has 0 aliphatic rings. The van der Waals surface area contributed by atoms with Crippen LogP contribution in [0.2, 0.25) is 10.0 Å². The molecule has 2 amide bonds. The summed E-state index contributed by atoms with van der Waals surface area (Å²) in [5, 5.41) is 0.772. The topological polar surface area (TPSA) is 58.2 Å². The summed E-state index contributed by atoms with van der Waals surface area (Å²) >= 11 is 11.9. The van der Waals surface area contributed by atoms with Crippen LogP contribution in [0.4, 0.5) is 4.39 Å². The summed E-state index contributed by atoms with van der Waals surface area (Å²) in [7, 11) is 0. The van der Waals surface area contributed by atoms with Crippen LogP contribution in [0.5, 0.6) is 0 Å². The second-order valence-corrected chi connectivity index (χ2v) is 5.21. The number of hydrazine groups is 1. The largest absolute Gasteiger partial charge is 0.272 e. The molecule has 0 aliphatic heterocycles. The average molecular weight is 353 g/mol. The predicted molar refractivity (Wildman–Crippen MR) is 87.5 cm³/mol. The van der Waals surface area contributed by atoms with Gasteiger partial charge in [-0.1, -0.05) is 41.4 Å². The van der Waals surface area contributed by atoms with Crippen LogP contribution < -0.4 is 10.9 Å². The number of rotatable bonds is 3. The molecule has 2 aromatic rings. The molecule has 2 aromatic carbocycles. The molecule has 0 fully saturated rings. The average Bonchev–Trinajstić information content (AvgIpc) is 2.52. The number of halogens is 3. The lowest BCUT2D eigenvalue weighted by molar-refractivity contribution is -0.117. The van der Waals surface area contributed by atoms with Crippen molar-refractivity contribution < 1.29 is 14.0 Å². The zero-order chi connectivity index (χ0) is 16.8. The number of carbonyl (C=O) groups excluding carboxylic acids is 2. The minimum absolute atomic E-state index is 0.175. The van der Waals surface area contributed by atoms with Crippen LogP contribution in [0.3, 0.4) is 0 Å². The summed E-state index contributed by atoms with van der Waals surface area (Å²) in [5.74, 6) is -2.07. The smallest absolute Gasteiger partial charge is 0.268 e. The molecule has 0 saturated carbocycles. The number of hydrogen-bond acceptors (Lipinski definition) is 2. The van der Waals surface area contributed by atoms with E-state index < -0.39 is 17.6 Å². The SMILES string of the molecule is O=C(/C=C/c1c(Cl)cccc1Cl)NNC(=O)c1ccccc1F. The number of nitrogens with one attached hydrogen (secondary N) is 2. The standard InChI is InChI=1S/C16H11Cl2FN2O2/c17-12-5-3-6-13(18)10(12)8-9-15(22)20-21-16(23)11-4-1-2-7-14(11)19/h1-9H,(H,20,22)(H,21,23)/b9-8+. The summed E-state index contributed by atoms with van der Waals surface area (Å²) in [4.78, 5) is 23.4. The van der Waals surface area contributed by atoms with E-state index in [0.717, 1.165) is 12.1 Å². The van der Waals surface area contributed by atoms with Crippen molar-refractivity contribution in [3.63, 3.8) is 0 Å². The van der Waals surface area contributed by atoms with Crippen LogP contribution in [0.25, 0.3) is 6.08 Å². The second kappa shape index (κ2) is 7.76. The second-order valence-electron chi connectivity index (χ2n) is 4.39. The van der Waals surface area contributed by atoms with Crippen LogP contribution >= 0.6 is 23.2 Å². The van der Waals surface area contributed by atoms with Gasteiger partial charge < -0.3 is 0 Å². The highest BCUT2D eigenvalue weighted by molar-refractivity contribution is 6.37. The van der Waals surface area contributed by atoms with Crippen molar-refractivity contribution in [2.24, 2.45) is 0 Å². The lowest BCUT2D eigenvalue weighted by atomic mass is 10.2. The Balaban J connectivity index is 1.97. The summed E-state index contributed by atoms with van der Waals surface area (Å²) in [6.07, 6.45) is 2.56. The number of hydrogen-bond donors (Lipinski definition) is 2. The summed E-state index contributed by atoms with van der Waals surface area (Å²) in [6, 6.07) is 10.4. The van der Waals surface area contributed by atoms with Gasteiger partial charge in [0, 0.05) is 21.7 Å². The maximum absolute atomic E-state index is 13.4. The first-order valence-electron chi connectivity index (χ1n) is 6.46. The predicted octanol–water partition coefficient (Wildman–Crippen LogP) is 3.61. The molecule has 2 N–H and O–H groups in total. The Bertz CT molecular complexity index is 758. The molecule has 0 aliphatic carbocycles. The minimum atomic E-state index is -0.763. The van der Waals surface area contributed by atoms with E-state index >= 15 is 0 Å². The van der Waals surface area contributed by atoms with E-state index in [0.29, 0.717) is 15.6 Å². The van der Waals surface area contributed by atoms with E-state index in [1.807, 2.05) is 0 Å². The third-order valence-corrected chi connectivity index (χ3v) is 3.48. The highest BCUT2D eigenvalue weighted by Crippen LogP contribution is 2.25. The van der Waals surface area contributed by atoms with E-state index in [2.05, 4.69) is 10.9 Å². The monoisotopic (exact) mass is 352 g/mol. The van der Waals surface area contributed by atoms with Gasteiger partial charge in [0.25, 0.3) is 11.8 Å². The highest BCUT2D eigenvalue weighted by atomic mass is 35.5. The number of amides is 2. The molecule has 2 rings (SSSR count). The van der Waals surface area contributed by atoms with Gasteiger partial charge in [-0.15, -0.1) is 0 Å². The van der Waals surface area contributed by atoms with Gasteiger partial charge in [-0.05, 0) is 30.3 Å². The van der Waals surface area contributed by atoms with Crippen molar-refractivity contribution in [1.82, 2.24) is 10.9 Å². The molecule has 0 aromatic heterocycles. The van der Waals surface area contributed by atoms with Gasteiger partial charge in [-0.3, -0.25) is 20.4 Å². The third-order valence-electron chi connectivity index (χ3n) is 2.82. The first kappa shape index (κ1) is 17.0. The molecule has 7 heteroatoms. The quantitative estimate of drug-likeness (QED) is 0.654. The molecule has 0 saturated heterocycles.